The SMILES string of the molecule is O=C=NCCCc1ccc(F)c(F)c1. The van der Waals surface area contributed by atoms with Gasteiger partial charge in [0.25, 0.3) is 0 Å². The fourth-order valence-electron chi connectivity index (χ4n) is 1.10. The second-order valence-electron chi connectivity index (χ2n) is 2.83. The Morgan fingerprint density at radius 2 is 2.07 bits per heavy atom. The zero-order valence-electron chi connectivity index (χ0n) is 7.46. The van der Waals surface area contributed by atoms with Gasteiger partial charge in [-0.3, -0.25) is 0 Å². The van der Waals surface area contributed by atoms with Crippen LogP contribution in [0.2, 0.25) is 0 Å². The van der Waals surface area contributed by atoms with Crippen LogP contribution in [0.25, 0.3) is 0 Å². The molecule has 0 spiro atoms. The largest absolute Gasteiger partial charge is 0.234 e. The van der Waals surface area contributed by atoms with E-state index >= 15 is 0 Å². The van der Waals surface area contributed by atoms with Crippen molar-refractivity contribution in [2.45, 2.75) is 12.8 Å². The van der Waals surface area contributed by atoms with Gasteiger partial charge in [-0.1, -0.05) is 6.07 Å². The van der Waals surface area contributed by atoms with Crippen molar-refractivity contribution < 1.29 is 13.6 Å². The first kappa shape index (κ1) is 10.5. The fourth-order valence-corrected chi connectivity index (χ4v) is 1.10. The number of halogens is 2. The van der Waals surface area contributed by atoms with Crippen molar-refractivity contribution in [3.63, 3.8) is 0 Å². The average molecular weight is 197 g/mol. The molecule has 0 N–H and O–H groups in total. The molecule has 0 unspecified atom stereocenters. The quantitative estimate of drug-likeness (QED) is 0.413. The summed E-state index contributed by atoms with van der Waals surface area (Å²) in [5.41, 5.74) is 0.699. The van der Waals surface area contributed by atoms with Crippen LogP contribution in [0.15, 0.2) is 23.2 Å². The van der Waals surface area contributed by atoms with Gasteiger partial charge in [0, 0.05) is 0 Å². The average Bonchev–Trinajstić information content (AvgIpc) is 2.18. The molecular formula is C10H9F2NO. The second-order valence-corrected chi connectivity index (χ2v) is 2.83. The third kappa shape index (κ3) is 3.07. The van der Waals surface area contributed by atoms with E-state index in [9.17, 15) is 13.6 Å². The Balaban J connectivity index is 2.51. The second kappa shape index (κ2) is 5.25. The van der Waals surface area contributed by atoms with Crippen molar-refractivity contribution in [3.05, 3.63) is 35.4 Å². The van der Waals surface area contributed by atoms with Gasteiger partial charge in [0.05, 0.1) is 6.54 Å². The van der Waals surface area contributed by atoms with Gasteiger partial charge in [-0.15, -0.1) is 0 Å². The first-order chi connectivity index (χ1) is 6.74. The van der Waals surface area contributed by atoms with Crippen molar-refractivity contribution in [1.82, 2.24) is 0 Å². The molecule has 0 saturated carbocycles. The van der Waals surface area contributed by atoms with E-state index in [1.165, 1.54) is 12.1 Å². The Labute approximate surface area is 80.3 Å². The molecule has 0 amide bonds. The minimum Gasteiger partial charge on any atom is -0.211 e. The summed E-state index contributed by atoms with van der Waals surface area (Å²) in [6.45, 7) is 0.364. The maximum Gasteiger partial charge on any atom is 0.234 e. The van der Waals surface area contributed by atoms with Crippen molar-refractivity contribution in [3.8, 4) is 0 Å². The summed E-state index contributed by atoms with van der Waals surface area (Å²) >= 11 is 0. The summed E-state index contributed by atoms with van der Waals surface area (Å²) in [7, 11) is 0. The Morgan fingerprint density at radius 1 is 1.29 bits per heavy atom. The maximum atomic E-state index is 12.7. The molecule has 0 atom stereocenters. The topological polar surface area (TPSA) is 29.4 Å². The van der Waals surface area contributed by atoms with Crippen LogP contribution in [0.4, 0.5) is 8.78 Å². The van der Waals surface area contributed by atoms with Gasteiger partial charge in [0.15, 0.2) is 11.6 Å². The minimum absolute atomic E-state index is 0.364. The van der Waals surface area contributed by atoms with Crippen molar-refractivity contribution in [2.24, 2.45) is 4.99 Å². The zero-order valence-corrected chi connectivity index (χ0v) is 7.46. The van der Waals surface area contributed by atoms with Gasteiger partial charge >= 0.3 is 0 Å². The number of aryl methyl sites for hydroxylation is 1. The first-order valence-electron chi connectivity index (χ1n) is 4.21. The lowest BCUT2D eigenvalue weighted by Crippen LogP contribution is -1.91. The van der Waals surface area contributed by atoms with Crippen molar-refractivity contribution in [2.75, 3.05) is 6.54 Å². The highest BCUT2D eigenvalue weighted by molar-refractivity contribution is 5.32. The third-order valence-electron chi connectivity index (χ3n) is 1.78. The standard InChI is InChI=1S/C10H9F2NO/c11-9-4-3-8(6-10(9)12)2-1-5-13-7-14/h3-4,6H,1-2,5H2. The number of hydrogen-bond acceptors (Lipinski definition) is 2. The van der Waals surface area contributed by atoms with E-state index in [-0.39, 0.29) is 0 Å². The summed E-state index contributed by atoms with van der Waals surface area (Å²) in [6.07, 6.45) is 2.61. The number of rotatable bonds is 4. The van der Waals surface area contributed by atoms with Crippen LogP contribution >= 0.6 is 0 Å². The number of isocyanates is 1. The molecule has 1 aromatic rings. The number of hydrogen-bond donors (Lipinski definition) is 0. The summed E-state index contributed by atoms with van der Waals surface area (Å²) in [6, 6.07) is 3.76. The highest BCUT2D eigenvalue weighted by atomic mass is 19.2. The van der Waals surface area contributed by atoms with E-state index < -0.39 is 11.6 Å². The lowest BCUT2D eigenvalue weighted by molar-refractivity contribution is 0.507. The third-order valence-corrected chi connectivity index (χ3v) is 1.78. The minimum atomic E-state index is -0.848. The van der Waals surface area contributed by atoms with Crippen LogP contribution in [0.5, 0.6) is 0 Å². The molecule has 2 nitrogen and oxygen atoms in total. The van der Waals surface area contributed by atoms with E-state index in [1.807, 2.05) is 0 Å². The van der Waals surface area contributed by atoms with Crippen LogP contribution in [-0.2, 0) is 11.2 Å². The van der Waals surface area contributed by atoms with Gasteiger partial charge in [0.2, 0.25) is 6.08 Å². The Kier molecular flexibility index (Phi) is 3.95. The van der Waals surface area contributed by atoms with Gasteiger partial charge in [-0.05, 0) is 30.5 Å². The Bertz CT molecular complexity index is 359. The molecule has 74 valence electrons. The van der Waals surface area contributed by atoms with E-state index in [4.69, 9.17) is 0 Å². The van der Waals surface area contributed by atoms with Crippen LogP contribution in [0, 0.1) is 11.6 Å². The lowest BCUT2D eigenvalue weighted by Gasteiger charge is -1.99. The number of nitrogens with zero attached hydrogens (tertiary/aromatic N) is 1. The highest BCUT2D eigenvalue weighted by Gasteiger charge is 2.01. The van der Waals surface area contributed by atoms with Gasteiger partial charge in [-0.2, -0.15) is 0 Å². The van der Waals surface area contributed by atoms with Gasteiger partial charge in [0.1, 0.15) is 0 Å². The predicted molar refractivity (Wildman–Crippen MR) is 47.7 cm³/mol. The van der Waals surface area contributed by atoms with Crippen molar-refractivity contribution in [1.29, 1.82) is 0 Å². The van der Waals surface area contributed by atoms with Gasteiger partial charge < -0.3 is 0 Å². The van der Waals surface area contributed by atoms with E-state index in [0.29, 0.717) is 24.9 Å². The fraction of sp³-hybridized carbons (Fsp3) is 0.300. The first-order valence-corrected chi connectivity index (χ1v) is 4.21. The molecule has 14 heavy (non-hydrogen) atoms. The molecule has 0 aliphatic carbocycles. The molecule has 0 aliphatic rings. The molecule has 0 heterocycles. The Hall–Kier alpha value is -1.54. The molecule has 1 rings (SSSR count). The number of benzene rings is 1. The van der Waals surface area contributed by atoms with E-state index in [2.05, 4.69) is 4.99 Å². The monoisotopic (exact) mass is 197 g/mol. The maximum absolute atomic E-state index is 12.7. The molecule has 0 saturated heterocycles. The molecular weight excluding hydrogens is 188 g/mol. The molecule has 0 bridgehead atoms. The molecule has 1 aromatic carbocycles. The van der Waals surface area contributed by atoms with Crippen LogP contribution in [0.1, 0.15) is 12.0 Å². The summed E-state index contributed by atoms with van der Waals surface area (Å²) in [5, 5.41) is 0. The molecule has 0 aliphatic heterocycles. The normalized spacial score (nSPS) is 9.57. The smallest absolute Gasteiger partial charge is 0.211 e. The lowest BCUT2D eigenvalue weighted by atomic mass is 10.1. The van der Waals surface area contributed by atoms with E-state index in [0.717, 1.165) is 12.1 Å². The predicted octanol–water partition coefficient (Wildman–Crippen LogP) is 2.23. The highest BCUT2D eigenvalue weighted by Crippen LogP contribution is 2.10. The molecule has 0 radical (unpaired) electrons. The zero-order chi connectivity index (χ0) is 10.4. The van der Waals surface area contributed by atoms with Crippen LogP contribution < -0.4 is 0 Å². The summed E-state index contributed by atoms with van der Waals surface area (Å²) in [5.74, 6) is -1.69. The number of aliphatic imine (C=N–C) groups is 1. The van der Waals surface area contributed by atoms with Gasteiger partial charge in [-0.25, -0.2) is 18.6 Å². The molecule has 0 fully saturated rings. The van der Waals surface area contributed by atoms with E-state index in [1.54, 1.807) is 0 Å². The van der Waals surface area contributed by atoms with Crippen LogP contribution in [-0.4, -0.2) is 12.6 Å². The Morgan fingerprint density at radius 3 is 2.71 bits per heavy atom. The molecule has 0 aromatic heterocycles. The molecule has 4 heteroatoms. The van der Waals surface area contributed by atoms with Crippen molar-refractivity contribution >= 4 is 6.08 Å². The number of carbonyl (C=O) groups excluding carboxylic acids is 1. The summed E-state index contributed by atoms with van der Waals surface area (Å²) in [4.78, 5) is 13.1. The summed E-state index contributed by atoms with van der Waals surface area (Å²) < 4.78 is 25.2. The van der Waals surface area contributed by atoms with Crippen LogP contribution in [0.3, 0.4) is 0 Å².